The number of ether oxygens (including phenoxy) is 3. The Balaban J connectivity index is 2.10. The Morgan fingerprint density at radius 3 is 2.26 bits per heavy atom. The zero-order chi connectivity index (χ0) is 17.3. The van der Waals surface area contributed by atoms with Crippen LogP contribution in [0, 0.1) is 0 Å². The van der Waals surface area contributed by atoms with Gasteiger partial charge < -0.3 is 19.1 Å². The molecule has 0 aromatic carbocycles. The summed E-state index contributed by atoms with van der Waals surface area (Å²) in [5, 5.41) is 0. The van der Waals surface area contributed by atoms with Crippen molar-refractivity contribution in [2.24, 2.45) is 0 Å². The molecule has 0 unspecified atom stereocenters. The molecule has 1 fully saturated rings. The number of esters is 1. The number of hydrogen-bond acceptors (Lipinski definition) is 6. The first kappa shape index (κ1) is 19.7. The van der Waals surface area contributed by atoms with Gasteiger partial charge in [-0.25, -0.2) is 4.79 Å². The van der Waals surface area contributed by atoms with Crippen LogP contribution in [0.3, 0.4) is 0 Å². The largest absolute Gasteiger partial charge is 0.466 e. The zero-order valence-corrected chi connectivity index (χ0v) is 14.8. The summed E-state index contributed by atoms with van der Waals surface area (Å²) in [6.45, 7) is 12.5. The molecule has 0 atom stereocenters. The van der Waals surface area contributed by atoms with E-state index in [1.807, 2.05) is 20.8 Å². The Hall–Kier alpha value is -1.34. The van der Waals surface area contributed by atoms with Gasteiger partial charge in [0.2, 0.25) is 0 Å². The molecule has 0 N–H and O–H groups in total. The molecule has 134 valence electrons. The fourth-order valence-electron chi connectivity index (χ4n) is 2.16. The molecule has 1 heterocycles. The molecule has 0 aliphatic carbocycles. The lowest BCUT2D eigenvalue weighted by Gasteiger charge is -2.35. The molecule has 0 spiro atoms. The average molecular weight is 330 g/mol. The lowest BCUT2D eigenvalue weighted by Crippen LogP contribution is -2.50. The van der Waals surface area contributed by atoms with E-state index in [0.717, 1.165) is 19.6 Å². The van der Waals surface area contributed by atoms with Crippen molar-refractivity contribution in [2.45, 2.75) is 39.7 Å². The quantitative estimate of drug-likeness (QED) is 0.521. The maximum Gasteiger partial charge on any atom is 0.410 e. The Kier molecular flexibility index (Phi) is 8.33. The molecular formula is C16H30N2O5. The highest BCUT2D eigenvalue weighted by molar-refractivity contribution is 5.69. The van der Waals surface area contributed by atoms with Crippen LogP contribution in [0.1, 0.15) is 34.1 Å². The summed E-state index contributed by atoms with van der Waals surface area (Å²) in [4.78, 5) is 27.1. The lowest BCUT2D eigenvalue weighted by molar-refractivity contribution is -0.144. The zero-order valence-electron chi connectivity index (χ0n) is 14.8. The van der Waals surface area contributed by atoms with Gasteiger partial charge in [0.05, 0.1) is 26.2 Å². The van der Waals surface area contributed by atoms with Gasteiger partial charge in [0, 0.05) is 32.7 Å². The predicted octanol–water partition coefficient (Wildman–Crippen LogP) is 1.51. The number of nitrogens with zero attached hydrogens (tertiary/aromatic N) is 2. The third-order valence-corrected chi connectivity index (χ3v) is 3.33. The molecule has 0 aromatic heterocycles. The SMILES string of the molecule is CCOC(=O)CCOCCN1CCN(C(=O)OC(C)(C)C)CC1. The van der Waals surface area contributed by atoms with Crippen LogP contribution in [-0.2, 0) is 19.0 Å². The van der Waals surface area contributed by atoms with Crippen LogP contribution in [0.15, 0.2) is 0 Å². The van der Waals surface area contributed by atoms with Crippen molar-refractivity contribution in [3.05, 3.63) is 0 Å². The van der Waals surface area contributed by atoms with Crippen LogP contribution in [0.25, 0.3) is 0 Å². The summed E-state index contributed by atoms with van der Waals surface area (Å²) in [6.07, 6.45) is 0.0446. The van der Waals surface area contributed by atoms with E-state index in [4.69, 9.17) is 14.2 Å². The Labute approximate surface area is 138 Å². The second-order valence-electron chi connectivity index (χ2n) is 6.48. The summed E-state index contributed by atoms with van der Waals surface area (Å²) < 4.78 is 15.6. The first-order valence-electron chi connectivity index (χ1n) is 8.25. The summed E-state index contributed by atoms with van der Waals surface area (Å²) >= 11 is 0. The number of hydrogen-bond donors (Lipinski definition) is 0. The minimum atomic E-state index is -0.457. The van der Waals surface area contributed by atoms with Crippen molar-refractivity contribution in [2.75, 3.05) is 52.5 Å². The highest BCUT2D eigenvalue weighted by Gasteiger charge is 2.25. The molecule has 0 saturated carbocycles. The lowest BCUT2D eigenvalue weighted by atomic mass is 10.2. The highest BCUT2D eigenvalue weighted by Crippen LogP contribution is 2.11. The monoisotopic (exact) mass is 330 g/mol. The molecule has 23 heavy (non-hydrogen) atoms. The van der Waals surface area contributed by atoms with Crippen LogP contribution >= 0.6 is 0 Å². The molecule has 7 nitrogen and oxygen atoms in total. The van der Waals surface area contributed by atoms with Gasteiger partial charge in [-0.3, -0.25) is 9.69 Å². The minimum Gasteiger partial charge on any atom is -0.466 e. The van der Waals surface area contributed by atoms with Crippen molar-refractivity contribution in [1.29, 1.82) is 0 Å². The predicted molar refractivity (Wildman–Crippen MR) is 86.3 cm³/mol. The Bertz CT molecular complexity index is 373. The van der Waals surface area contributed by atoms with E-state index in [-0.39, 0.29) is 12.1 Å². The van der Waals surface area contributed by atoms with E-state index >= 15 is 0 Å². The molecule has 0 aromatic rings. The maximum atomic E-state index is 12.0. The number of rotatable bonds is 7. The molecule has 1 aliphatic rings. The van der Waals surface area contributed by atoms with Crippen LogP contribution in [0.2, 0.25) is 0 Å². The standard InChI is InChI=1S/C16H30N2O5/c1-5-22-14(19)6-12-21-13-11-17-7-9-18(10-8-17)15(20)23-16(2,3)4/h5-13H2,1-4H3. The summed E-state index contributed by atoms with van der Waals surface area (Å²) in [5.41, 5.74) is -0.457. The highest BCUT2D eigenvalue weighted by atomic mass is 16.6. The third-order valence-electron chi connectivity index (χ3n) is 3.33. The van der Waals surface area contributed by atoms with E-state index in [0.29, 0.717) is 39.3 Å². The number of amides is 1. The summed E-state index contributed by atoms with van der Waals surface area (Å²) in [5.74, 6) is -0.224. The van der Waals surface area contributed by atoms with Crippen LogP contribution < -0.4 is 0 Å². The smallest absolute Gasteiger partial charge is 0.410 e. The van der Waals surface area contributed by atoms with E-state index in [1.165, 1.54) is 0 Å². The topological polar surface area (TPSA) is 68.3 Å². The van der Waals surface area contributed by atoms with Crippen molar-refractivity contribution in [3.8, 4) is 0 Å². The van der Waals surface area contributed by atoms with Gasteiger partial charge in [-0.05, 0) is 27.7 Å². The normalized spacial score (nSPS) is 16.3. The molecule has 1 aliphatic heterocycles. The van der Waals surface area contributed by atoms with Crippen molar-refractivity contribution < 1.29 is 23.8 Å². The Morgan fingerprint density at radius 2 is 1.70 bits per heavy atom. The fourth-order valence-corrected chi connectivity index (χ4v) is 2.16. The van der Waals surface area contributed by atoms with Crippen LogP contribution in [0.5, 0.6) is 0 Å². The van der Waals surface area contributed by atoms with E-state index in [1.54, 1.807) is 11.8 Å². The molecular weight excluding hydrogens is 300 g/mol. The van der Waals surface area contributed by atoms with E-state index in [9.17, 15) is 9.59 Å². The average Bonchev–Trinajstić information content (AvgIpc) is 2.46. The van der Waals surface area contributed by atoms with E-state index < -0.39 is 5.60 Å². The molecule has 0 radical (unpaired) electrons. The van der Waals surface area contributed by atoms with Gasteiger partial charge in [0.1, 0.15) is 5.60 Å². The van der Waals surface area contributed by atoms with Gasteiger partial charge in [0.15, 0.2) is 0 Å². The molecule has 1 saturated heterocycles. The van der Waals surface area contributed by atoms with Gasteiger partial charge in [-0.1, -0.05) is 0 Å². The number of carbonyl (C=O) groups is 2. The fraction of sp³-hybridized carbons (Fsp3) is 0.875. The second kappa shape index (κ2) is 9.72. The van der Waals surface area contributed by atoms with Gasteiger partial charge in [-0.15, -0.1) is 0 Å². The van der Waals surface area contributed by atoms with Gasteiger partial charge >= 0.3 is 12.1 Å². The first-order chi connectivity index (χ1) is 10.8. The summed E-state index contributed by atoms with van der Waals surface area (Å²) in [6, 6.07) is 0. The summed E-state index contributed by atoms with van der Waals surface area (Å²) in [7, 11) is 0. The maximum absolute atomic E-state index is 12.0. The second-order valence-corrected chi connectivity index (χ2v) is 6.48. The molecule has 0 bridgehead atoms. The van der Waals surface area contributed by atoms with Gasteiger partial charge in [0.25, 0.3) is 0 Å². The van der Waals surface area contributed by atoms with Crippen molar-refractivity contribution in [1.82, 2.24) is 9.80 Å². The molecule has 1 amide bonds. The van der Waals surface area contributed by atoms with Crippen LogP contribution in [-0.4, -0.2) is 80.0 Å². The molecule has 7 heteroatoms. The van der Waals surface area contributed by atoms with Crippen LogP contribution in [0.4, 0.5) is 4.79 Å². The number of piperazine rings is 1. The Morgan fingerprint density at radius 1 is 1.04 bits per heavy atom. The van der Waals surface area contributed by atoms with Gasteiger partial charge in [-0.2, -0.15) is 0 Å². The minimum absolute atomic E-state index is 0.224. The van der Waals surface area contributed by atoms with E-state index in [2.05, 4.69) is 4.90 Å². The first-order valence-corrected chi connectivity index (χ1v) is 8.25. The number of carbonyl (C=O) groups excluding carboxylic acids is 2. The van der Waals surface area contributed by atoms with Crippen molar-refractivity contribution >= 4 is 12.1 Å². The van der Waals surface area contributed by atoms with Crippen molar-refractivity contribution in [3.63, 3.8) is 0 Å². The molecule has 1 rings (SSSR count). The third kappa shape index (κ3) is 8.76.